The SMILES string of the molecule is C=CC(=O)N1CC(CC(=O)Cn2c(C3CC3)c(-c3cnccc3C(C)C)c3cc(Cl)cc(C)c32)C1. The van der Waals surface area contributed by atoms with E-state index in [-0.39, 0.29) is 17.6 Å². The van der Waals surface area contributed by atoms with Gasteiger partial charge >= 0.3 is 0 Å². The lowest BCUT2D eigenvalue weighted by atomic mass is 9.91. The van der Waals surface area contributed by atoms with Crippen molar-refractivity contribution in [1.82, 2.24) is 14.5 Å². The highest BCUT2D eigenvalue weighted by molar-refractivity contribution is 6.31. The number of ketones is 1. The van der Waals surface area contributed by atoms with Crippen molar-refractivity contribution in [2.45, 2.75) is 58.4 Å². The molecule has 6 heteroatoms. The number of fused-ring (bicyclic) bond motifs is 1. The minimum atomic E-state index is -0.0595. The lowest BCUT2D eigenvalue weighted by molar-refractivity contribution is -0.134. The average Bonchev–Trinajstić information content (AvgIpc) is 3.58. The molecule has 3 heterocycles. The summed E-state index contributed by atoms with van der Waals surface area (Å²) in [7, 11) is 0. The number of carbonyl (C=O) groups excluding carboxylic acids is 2. The first-order chi connectivity index (χ1) is 16.8. The highest BCUT2D eigenvalue weighted by Gasteiger charge is 2.35. The second-order valence-electron chi connectivity index (χ2n) is 10.4. The number of hydrogen-bond acceptors (Lipinski definition) is 3. The Hall–Kier alpha value is -2.92. The minimum absolute atomic E-state index is 0.0595. The van der Waals surface area contributed by atoms with E-state index in [1.54, 1.807) is 4.90 Å². The van der Waals surface area contributed by atoms with Crippen molar-refractivity contribution in [3.8, 4) is 11.1 Å². The topological polar surface area (TPSA) is 55.2 Å². The highest BCUT2D eigenvalue weighted by Crippen LogP contribution is 2.50. The van der Waals surface area contributed by atoms with Crippen LogP contribution in [0, 0.1) is 12.8 Å². The van der Waals surface area contributed by atoms with Gasteiger partial charge in [-0.25, -0.2) is 0 Å². The first-order valence-corrected chi connectivity index (χ1v) is 12.9. The van der Waals surface area contributed by atoms with Gasteiger partial charge in [0.1, 0.15) is 0 Å². The fraction of sp³-hybridized carbons (Fsp3) is 0.414. The number of aryl methyl sites for hydroxylation is 1. The lowest BCUT2D eigenvalue weighted by Crippen LogP contribution is -2.50. The molecule has 0 spiro atoms. The van der Waals surface area contributed by atoms with Crippen LogP contribution >= 0.6 is 11.6 Å². The molecular weight excluding hydrogens is 458 g/mol. The van der Waals surface area contributed by atoms with Gasteiger partial charge in [0.05, 0.1) is 12.1 Å². The fourth-order valence-electron chi connectivity index (χ4n) is 5.59. The van der Waals surface area contributed by atoms with Crippen molar-refractivity contribution in [2.75, 3.05) is 13.1 Å². The van der Waals surface area contributed by atoms with E-state index in [9.17, 15) is 9.59 Å². The molecule has 5 nitrogen and oxygen atoms in total. The lowest BCUT2D eigenvalue weighted by Gasteiger charge is -2.38. The maximum atomic E-state index is 13.3. The largest absolute Gasteiger partial charge is 0.338 e. The van der Waals surface area contributed by atoms with Gasteiger partial charge in [0, 0.05) is 65.1 Å². The molecule has 2 aliphatic rings. The average molecular weight is 490 g/mol. The van der Waals surface area contributed by atoms with Crippen molar-refractivity contribution < 1.29 is 9.59 Å². The molecule has 1 amide bonds. The number of aromatic nitrogens is 2. The van der Waals surface area contributed by atoms with E-state index in [1.807, 2.05) is 24.5 Å². The summed E-state index contributed by atoms with van der Waals surface area (Å²) in [4.78, 5) is 31.3. The van der Waals surface area contributed by atoms with Gasteiger partial charge in [-0.2, -0.15) is 0 Å². The predicted octanol–water partition coefficient (Wildman–Crippen LogP) is 6.27. The van der Waals surface area contributed by atoms with Crippen LogP contribution in [0.5, 0.6) is 0 Å². The van der Waals surface area contributed by atoms with Crippen LogP contribution in [0.2, 0.25) is 5.02 Å². The van der Waals surface area contributed by atoms with Crippen molar-refractivity contribution >= 4 is 34.2 Å². The van der Waals surface area contributed by atoms with Gasteiger partial charge in [-0.05, 0) is 67.0 Å². The summed E-state index contributed by atoms with van der Waals surface area (Å²) in [6.45, 7) is 11.6. The molecule has 2 fully saturated rings. The molecule has 35 heavy (non-hydrogen) atoms. The number of likely N-dealkylation sites (tertiary alicyclic amines) is 1. The first kappa shape index (κ1) is 23.8. The quantitative estimate of drug-likeness (QED) is 0.350. The Morgan fingerprint density at radius 3 is 2.66 bits per heavy atom. The van der Waals surface area contributed by atoms with E-state index >= 15 is 0 Å². The zero-order chi connectivity index (χ0) is 24.9. The smallest absolute Gasteiger partial charge is 0.245 e. The maximum absolute atomic E-state index is 13.3. The second-order valence-corrected chi connectivity index (χ2v) is 10.8. The van der Waals surface area contributed by atoms with Crippen molar-refractivity contribution in [1.29, 1.82) is 0 Å². The Morgan fingerprint density at radius 2 is 2.00 bits per heavy atom. The molecule has 2 aromatic heterocycles. The Kier molecular flexibility index (Phi) is 6.30. The number of benzene rings is 1. The van der Waals surface area contributed by atoms with E-state index in [0.29, 0.717) is 42.9 Å². The zero-order valence-corrected chi connectivity index (χ0v) is 21.4. The van der Waals surface area contributed by atoms with Crippen molar-refractivity contribution in [3.05, 3.63) is 65.1 Å². The third-order valence-corrected chi connectivity index (χ3v) is 7.57. The van der Waals surface area contributed by atoms with Crippen LogP contribution in [-0.2, 0) is 16.1 Å². The third-order valence-electron chi connectivity index (χ3n) is 7.36. The monoisotopic (exact) mass is 489 g/mol. The van der Waals surface area contributed by atoms with E-state index in [4.69, 9.17) is 11.6 Å². The molecule has 0 N–H and O–H groups in total. The molecule has 182 valence electrons. The molecule has 1 aliphatic heterocycles. The van der Waals surface area contributed by atoms with Gasteiger partial charge in [0.25, 0.3) is 0 Å². The van der Waals surface area contributed by atoms with Gasteiger partial charge in [-0.1, -0.05) is 32.0 Å². The number of rotatable bonds is 8. The number of amides is 1. The molecule has 1 saturated carbocycles. The van der Waals surface area contributed by atoms with Gasteiger partial charge in [-0.15, -0.1) is 0 Å². The van der Waals surface area contributed by atoms with Gasteiger partial charge in [-0.3, -0.25) is 14.6 Å². The maximum Gasteiger partial charge on any atom is 0.245 e. The summed E-state index contributed by atoms with van der Waals surface area (Å²) < 4.78 is 2.26. The molecule has 1 saturated heterocycles. The molecular formula is C29H32ClN3O2. The van der Waals surface area contributed by atoms with Gasteiger partial charge < -0.3 is 9.47 Å². The van der Waals surface area contributed by atoms with Gasteiger partial charge in [0.2, 0.25) is 5.91 Å². The molecule has 0 unspecified atom stereocenters. The van der Waals surface area contributed by atoms with E-state index < -0.39 is 0 Å². The number of hydrogen-bond donors (Lipinski definition) is 0. The Morgan fingerprint density at radius 1 is 1.26 bits per heavy atom. The van der Waals surface area contributed by atoms with Crippen LogP contribution in [0.3, 0.4) is 0 Å². The zero-order valence-electron chi connectivity index (χ0n) is 20.7. The van der Waals surface area contributed by atoms with E-state index in [1.165, 1.54) is 22.9 Å². The standard InChI is InChI=1S/C29H32ClN3O2/c1-5-26(35)32-14-19(15-32)11-22(34)16-33-28-18(4)10-21(30)12-24(28)27(29(33)20-6-7-20)25-13-31-9-8-23(25)17(2)3/h5,8-10,12-13,17,19-20H,1,6-7,11,14-16H2,2-4H3. The Balaban J connectivity index is 1.57. The summed E-state index contributed by atoms with van der Waals surface area (Å²) in [6.07, 6.45) is 7.90. The molecule has 3 aromatic rings. The molecule has 0 atom stereocenters. The number of pyridine rings is 1. The normalized spacial score (nSPS) is 16.1. The van der Waals surface area contributed by atoms with E-state index in [2.05, 4.69) is 43.0 Å². The molecule has 1 aromatic carbocycles. The number of carbonyl (C=O) groups is 2. The van der Waals surface area contributed by atoms with Crippen molar-refractivity contribution in [3.63, 3.8) is 0 Å². The van der Waals surface area contributed by atoms with Crippen LogP contribution in [-0.4, -0.2) is 39.2 Å². The van der Waals surface area contributed by atoms with Gasteiger partial charge in [0.15, 0.2) is 5.78 Å². The molecule has 5 rings (SSSR count). The molecule has 0 bridgehead atoms. The minimum Gasteiger partial charge on any atom is -0.338 e. The third kappa shape index (κ3) is 4.42. The molecule has 0 radical (unpaired) electrons. The number of nitrogens with zero attached hydrogens (tertiary/aromatic N) is 3. The highest BCUT2D eigenvalue weighted by atomic mass is 35.5. The van der Waals surface area contributed by atoms with Crippen molar-refractivity contribution in [2.24, 2.45) is 5.92 Å². The van der Waals surface area contributed by atoms with Crippen LogP contribution < -0.4 is 0 Å². The number of halogens is 1. The summed E-state index contributed by atoms with van der Waals surface area (Å²) in [5.41, 5.74) is 6.99. The molecule has 1 aliphatic carbocycles. The summed E-state index contributed by atoms with van der Waals surface area (Å²) in [6, 6.07) is 6.14. The predicted molar refractivity (Wildman–Crippen MR) is 141 cm³/mol. The fourth-order valence-corrected chi connectivity index (χ4v) is 5.87. The Labute approximate surface area is 211 Å². The van der Waals surface area contributed by atoms with Crippen LogP contribution in [0.15, 0.2) is 43.2 Å². The van der Waals surface area contributed by atoms with Crippen LogP contribution in [0.25, 0.3) is 22.0 Å². The summed E-state index contributed by atoms with van der Waals surface area (Å²) in [5.74, 6) is 1.15. The number of Topliss-reactive ketones (excluding diaryl/α,β-unsaturated/α-hetero) is 1. The summed E-state index contributed by atoms with van der Waals surface area (Å²) >= 11 is 6.56. The second kappa shape index (κ2) is 9.27. The van der Waals surface area contributed by atoms with E-state index in [0.717, 1.165) is 34.9 Å². The summed E-state index contributed by atoms with van der Waals surface area (Å²) in [5, 5.41) is 1.81. The van der Waals surface area contributed by atoms with Crippen LogP contribution in [0.4, 0.5) is 0 Å². The Bertz CT molecular complexity index is 1330. The first-order valence-electron chi connectivity index (χ1n) is 12.5. The van der Waals surface area contributed by atoms with Crippen LogP contribution in [0.1, 0.15) is 61.8 Å².